The Morgan fingerprint density at radius 1 is 1.27 bits per heavy atom. The first-order valence-electron chi connectivity index (χ1n) is 11.4. The van der Waals surface area contributed by atoms with Crippen LogP contribution in [0.25, 0.3) is 37.7 Å². The first-order valence-corrected chi connectivity index (χ1v) is 12.2. The molecule has 3 aromatic heterocycles. The summed E-state index contributed by atoms with van der Waals surface area (Å²) in [6.07, 6.45) is 3.27. The molecular formula is C25H18F3N5O3S. The van der Waals surface area contributed by atoms with Crippen molar-refractivity contribution in [1.82, 2.24) is 9.55 Å². The average Bonchev–Trinajstić information content (AvgIpc) is 3.30. The molecule has 5 rings (SSSR count). The van der Waals surface area contributed by atoms with Gasteiger partial charge in [0.25, 0.3) is 0 Å². The molecular weight excluding hydrogens is 507 g/mol. The molecule has 0 aliphatic heterocycles. The number of hydrogen-bond donors (Lipinski definition) is 0. The molecule has 1 aromatic carbocycles. The summed E-state index contributed by atoms with van der Waals surface area (Å²) in [7, 11) is 0. The number of esters is 1. The Bertz CT molecular complexity index is 1680. The molecule has 1 aliphatic carbocycles. The molecule has 1 aliphatic rings. The Kier molecular flexibility index (Phi) is 6.45. The zero-order valence-electron chi connectivity index (χ0n) is 19.4. The molecule has 0 radical (unpaired) electrons. The molecule has 0 amide bonds. The van der Waals surface area contributed by atoms with Crippen LogP contribution in [0.4, 0.5) is 13.2 Å². The van der Waals surface area contributed by atoms with E-state index in [1.54, 1.807) is 13.0 Å². The standard InChI is InChI=1S/C25H18F3N5O3S/c1-2-36-25(35)15-11-33(19-7-6-12(26)8-16(19)27)24-14(23(15)34)9-17(28)22(30-24)21-10-13-18(31-32-29)4-3-5-20(13)37-21/h6-11,18H,2-5H2,1H3. The third-order valence-electron chi connectivity index (χ3n) is 6.10. The summed E-state index contributed by atoms with van der Waals surface area (Å²) >= 11 is 1.30. The van der Waals surface area contributed by atoms with E-state index in [4.69, 9.17) is 10.3 Å². The normalized spacial score (nSPS) is 14.8. The minimum Gasteiger partial charge on any atom is -0.462 e. The summed E-state index contributed by atoms with van der Waals surface area (Å²) in [6, 6.07) is 5.08. The summed E-state index contributed by atoms with van der Waals surface area (Å²) in [5.41, 5.74) is 8.00. The van der Waals surface area contributed by atoms with Crippen LogP contribution in [0.15, 0.2) is 46.4 Å². The first kappa shape index (κ1) is 24.5. The highest BCUT2D eigenvalue weighted by Crippen LogP contribution is 2.42. The third kappa shape index (κ3) is 4.34. The Morgan fingerprint density at radius 2 is 2.08 bits per heavy atom. The lowest BCUT2D eigenvalue weighted by atomic mass is 9.94. The van der Waals surface area contributed by atoms with Crippen molar-refractivity contribution in [2.45, 2.75) is 32.2 Å². The molecule has 8 nitrogen and oxygen atoms in total. The molecule has 1 unspecified atom stereocenters. The summed E-state index contributed by atoms with van der Waals surface area (Å²) in [5.74, 6) is -3.59. The molecule has 4 aromatic rings. The fourth-order valence-corrected chi connectivity index (χ4v) is 5.69. The van der Waals surface area contributed by atoms with E-state index in [0.29, 0.717) is 17.4 Å². The zero-order valence-corrected chi connectivity index (χ0v) is 20.2. The van der Waals surface area contributed by atoms with Gasteiger partial charge < -0.3 is 4.74 Å². The molecule has 1 atom stereocenters. The maximum Gasteiger partial charge on any atom is 0.343 e. The van der Waals surface area contributed by atoms with Crippen LogP contribution in [0.2, 0.25) is 0 Å². The van der Waals surface area contributed by atoms with Gasteiger partial charge in [0.15, 0.2) is 5.82 Å². The van der Waals surface area contributed by atoms with E-state index in [0.717, 1.165) is 52.2 Å². The SMILES string of the molecule is CCOC(=O)c1cn(-c2ccc(F)cc2F)c2nc(-c3cc4c(s3)CCCC4N=[N+]=[N-])c(F)cc2c1=O. The Morgan fingerprint density at radius 3 is 2.81 bits per heavy atom. The van der Waals surface area contributed by atoms with Gasteiger partial charge in [-0.3, -0.25) is 9.36 Å². The van der Waals surface area contributed by atoms with Crippen LogP contribution < -0.4 is 5.43 Å². The number of thiophene rings is 1. The number of azide groups is 1. The predicted octanol–water partition coefficient (Wildman–Crippen LogP) is 6.40. The van der Waals surface area contributed by atoms with E-state index < -0.39 is 34.4 Å². The van der Waals surface area contributed by atoms with E-state index in [2.05, 4.69) is 15.0 Å². The number of aromatic nitrogens is 2. The van der Waals surface area contributed by atoms with Gasteiger partial charge >= 0.3 is 5.97 Å². The monoisotopic (exact) mass is 525 g/mol. The van der Waals surface area contributed by atoms with Crippen LogP contribution in [0.3, 0.4) is 0 Å². The number of halogens is 3. The molecule has 188 valence electrons. The molecule has 0 bridgehead atoms. The summed E-state index contributed by atoms with van der Waals surface area (Å²) in [4.78, 5) is 34.3. The lowest BCUT2D eigenvalue weighted by molar-refractivity contribution is 0.0524. The Hall–Kier alpha value is -4.15. The quantitative estimate of drug-likeness (QED) is 0.130. The highest BCUT2D eigenvalue weighted by molar-refractivity contribution is 7.15. The molecule has 0 saturated heterocycles. The van der Waals surface area contributed by atoms with Crippen molar-refractivity contribution in [2.75, 3.05) is 6.61 Å². The maximum atomic E-state index is 15.4. The second-order valence-electron chi connectivity index (χ2n) is 8.35. The largest absolute Gasteiger partial charge is 0.462 e. The lowest BCUT2D eigenvalue weighted by Gasteiger charge is -2.17. The number of pyridine rings is 2. The summed E-state index contributed by atoms with van der Waals surface area (Å²) in [6.45, 7) is 1.53. The molecule has 0 N–H and O–H groups in total. The fraction of sp³-hybridized carbons (Fsp3) is 0.240. The summed E-state index contributed by atoms with van der Waals surface area (Å²) < 4.78 is 49.9. The number of carbonyl (C=O) groups is 1. The Balaban J connectivity index is 1.78. The maximum absolute atomic E-state index is 15.4. The molecule has 37 heavy (non-hydrogen) atoms. The van der Waals surface area contributed by atoms with Crippen molar-refractivity contribution < 1.29 is 22.7 Å². The Labute approximate surface area is 211 Å². The topological polar surface area (TPSA) is 110 Å². The number of fused-ring (bicyclic) bond motifs is 2. The second-order valence-corrected chi connectivity index (χ2v) is 9.49. The molecule has 0 fully saturated rings. The van der Waals surface area contributed by atoms with Gasteiger partial charge in [0.1, 0.15) is 28.5 Å². The van der Waals surface area contributed by atoms with Crippen molar-refractivity contribution in [3.05, 3.63) is 90.7 Å². The predicted molar refractivity (Wildman–Crippen MR) is 131 cm³/mol. The van der Waals surface area contributed by atoms with Gasteiger partial charge in [0, 0.05) is 22.1 Å². The molecule has 3 heterocycles. The highest BCUT2D eigenvalue weighted by atomic mass is 32.1. The van der Waals surface area contributed by atoms with E-state index in [9.17, 15) is 18.4 Å². The zero-order chi connectivity index (χ0) is 26.3. The molecule has 0 spiro atoms. The van der Waals surface area contributed by atoms with Crippen LogP contribution in [-0.2, 0) is 11.2 Å². The van der Waals surface area contributed by atoms with Crippen molar-refractivity contribution in [3.63, 3.8) is 0 Å². The van der Waals surface area contributed by atoms with Gasteiger partial charge in [-0.05, 0) is 61.5 Å². The second kappa shape index (κ2) is 9.72. The number of benzene rings is 1. The number of nitrogens with zero attached hydrogens (tertiary/aromatic N) is 5. The fourth-order valence-electron chi connectivity index (χ4n) is 4.44. The van der Waals surface area contributed by atoms with Gasteiger partial charge in [-0.25, -0.2) is 22.9 Å². The van der Waals surface area contributed by atoms with Crippen molar-refractivity contribution in [3.8, 4) is 16.3 Å². The number of carbonyl (C=O) groups excluding carboxylic acids is 1. The van der Waals surface area contributed by atoms with E-state index >= 15 is 4.39 Å². The van der Waals surface area contributed by atoms with Gasteiger partial charge in [-0.1, -0.05) is 5.11 Å². The van der Waals surface area contributed by atoms with Crippen molar-refractivity contribution in [1.29, 1.82) is 0 Å². The van der Waals surface area contributed by atoms with Crippen LogP contribution in [0.1, 0.15) is 46.6 Å². The molecule has 12 heteroatoms. The van der Waals surface area contributed by atoms with Crippen molar-refractivity contribution in [2.24, 2.45) is 5.11 Å². The smallest absolute Gasteiger partial charge is 0.343 e. The van der Waals surface area contributed by atoms with Gasteiger partial charge in [-0.15, -0.1) is 11.3 Å². The van der Waals surface area contributed by atoms with E-state index in [1.165, 1.54) is 11.3 Å². The van der Waals surface area contributed by atoms with Crippen LogP contribution in [-0.4, -0.2) is 22.1 Å². The minimum absolute atomic E-state index is 0.0212. The highest BCUT2D eigenvalue weighted by Gasteiger charge is 2.26. The number of hydrogen-bond acceptors (Lipinski definition) is 6. The van der Waals surface area contributed by atoms with Gasteiger partial charge in [0.05, 0.1) is 28.6 Å². The number of ether oxygens (including phenoxy) is 1. The van der Waals surface area contributed by atoms with Gasteiger partial charge in [-0.2, -0.15) is 0 Å². The van der Waals surface area contributed by atoms with Crippen LogP contribution in [0, 0.1) is 17.5 Å². The van der Waals surface area contributed by atoms with Gasteiger partial charge in [0.2, 0.25) is 5.43 Å². The number of rotatable bonds is 5. The molecule has 0 saturated carbocycles. The van der Waals surface area contributed by atoms with E-state index in [1.807, 2.05) is 0 Å². The van der Waals surface area contributed by atoms with Crippen LogP contribution in [0.5, 0.6) is 0 Å². The van der Waals surface area contributed by atoms with Crippen LogP contribution >= 0.6 is 11.3 Å². The average molecular weight is 526 g/mol. The first-order chi connectivity index (χ1) is 17.8. The van der Waals surface area contributed by atoms with Crippen molar-refractivity contribution >= 4 is 28.3 Å². The number of aryl methyl sites for hydroxylation is 1. The minimum atomic E-state index is -0.976. The summed E-state index contributed by atoms with van der Waals surface area (Å²) in [5, 5.41) is 3.57. The van der Waals surface area contributed by atoms with E-state index in [-0.39, 0.29) is 35.1 Å². The third-order valence-corrected chi connectivity index (χ3v) is 7.32. The lowest BCUT2D eigenvalue weighted by Crippen LogP contribution is -2.21.